The molecule has 2 rings (SSSR count). The number of ether oxygens (including phenoxy) is 3. The molecule has 2 fully saturated rings. The Hall–Kier alpha value is -1.34. The van der Waals surface area contributed by atoms with E-state index < -0.39 is 30.9 Å². The standard InChI is InChI=1S/C14H25N3O8/c15-23-7-9(19)16-4-2-1-3-8(18)17-5-6-22-13-11(21)10(20)12-14(24-12)25-13/h10-14,20-21H,1-7,15H2,(H,16,19)(H,17,18). The van der Waals surface area contributed by atoms with Crippen molar-refractivity contribution in [3.8, 4) is 0 Å². The number of carbonyl (C=O) groups excluding carboxylic acids is 2. The van der Waals surface area contributed by atoms with Crippen LogP contribution >= 0.6 is 0 Å². The van der Waals surface area contributed by atoms with Crippen LogP contribution in [-0.2, 0) is 28.6 Å². The fraction of sp³-hybridized carbons (Fsp3) is 0.857. The number of fused-ring (bicyclic) bond motifs is 1. The summed E-state index contributed by atoms with van der Waals surface area (Å²) in [6, 6.07) is 0. The highest BCUT2D eigenvalue weighted by molar-refractivity contribution is 5.77. The number of carbonyl (C=O) groups is 2. The average Bonchev–Trinajstić information content (AvgIpc) is 3.35. The van der Waals surface area contributed by atoms with Crippen LogP contribution < -0.4 is 16.5 Å². The van der Waals surface area contributed by atoms with Crippen molar-refractivity contribution in [2.45, 2.75) is 50.2 Å². The van der Waals surface area contributed by atoms with Crippen molar-refractivity contribution >= 4 is 11.8 Å². The van der Waals surface area contributed by atoms with Gasteiger partial charge in [0, 0.05) is 19.5 Å². The molecule has 25 heavy (non-hydrogen) atoms. The molecule has 2 aliphatic heterocycles. The summed E-state index contributed by atoms with van der Waals surface area (Å²) in [7, 11) is 0. The SMILES string of the molecule is NOCC(=O)NCCCCC(=O)NCCOC1OC2OC2C(O)C1O. The molecule has 0 aromatic heterocycles. The van der Waals surface area contributed by atoms with Crippen LogP contribution in [0.1, 0.15) is 19.3 Å². The van der Waals surface area contributed by atoms with Gasteiger partial charge < -0.3 is 35.1 Å². The maximum atomic E-state index is 11.6. The number of nitrogens with one attached hydrogen (secondary N) is 2. The third-order valence-corrected chi connectivity index (χ3v) is 3.79. The first-order valence-electron chi connectivity index (χ1n) is 8.16. The number of epoxide rings is 1. The van der Waals surface area contributed by atoms with Gasteiger partial charge in [-0.05, 0) is 12.8 Å². The second kappa shape index (κ2) is 9.97. The largest absolute Gasteiger partial charge is 0.387 e. The first-order valence-corrected chi connectivity index (χ1v) is 8.16. The Balaban J connectivity index is 1.45. The van der Waals surface area contributed by atoms with Gasteiger partial charge in [0.1, 0.15) is 24.9 Å². The zero-order chi connectivity index (χ0) is 18.2. The zero-order valence-electron chi connectivity index (χ0n) is 13.8. The van der Waals surface area contributed by atoms with Gasteiger partial charge in [0.05, 0.1) is 6.61 Å². The Morgan fingerprint density at radius 2 is 1.80 bits per heavy atom. The molecule has 5 unspecified atom stereocenters. The molecular weight excluding hydrogens is 338 g/mol. The van der Waals surface area contributed by atoms with Gasteiger partial charge in [-0.25, -0.2) is 5.90 Å². The van der Waals surface area contributed by atoms with E-state index in [1.165, 1.54) is 0 Å². The Morgan fingerprint density at radius 1 is 1.04 bits per heavy atom. The minimum absolute atomic E-state index is 0.132. The number of aliphatic hydroxyl groups excluding tert-OH is 2. The Bertz CT molecular complexity index is 452. The average molecular weight is 363 g/mol. The van der Waals surface area contributed by atoms with E-state index in [-0.39, 0.29) is 31.6 Å². The highest BCUT2D eigenvalue weighted by atomic mass is 16.8. The molecule has 0 aromatic carbocycles. The molecule has 0 radical (unpaired) electrons. The van der Waals surface area contributed by atoms with Crippen LogP contribution in [-0.4, -0.2) is 79.2 Å². The number of hydrogen-bond donors (Lipinski definition) is 5. The number of aliphatic hydroxyl groups is 2. The monoisotopic (exact) mass is 363 g/mol. The minimum atomic E-state index is -1.18. The highest BCUT2D eigenvalue weighted by Gasteiger charge is 2.56. The van der Waals surface area contributed by atoms with Crippen LogP contribution in [0.15, 0.2) is 0 Å². The predicted molar refractivity (Wildman–Crippen MR) is 81.5 cm³/mol. The van der Waals surface area contributed by atoms with Gasteiger partial charge in [-0.3, -0.25) is 14.4 Å². The van der Waals surface area contributed by atoms with Crippen molar-refractivity contribution in [1.82, 2.24) is 10.6 Å². The zero-order valence-corrected chi connectivity index (χ0v) is 13.8. The van der Waals surface area contributed by atoms with Gasteiger partial charge in [-0.15, -0.1) is 0 Å². The summed E-state index contributed by atoms with van der Waals surface area (Å²) in [6.45, 7) is 0.639. The molecule has 0 bridgehead atoms. The maximum Gasteiger partial charge on any atom is 0.248 e. The van der Waals surface area contributed by atoms with Gasteiger partial charge >= 0.3 is 0 Å². The summed E-state index contributed by atoms with van der Waals surface area (Å²) in [4.78, 5) is 26.9. The molecule has 2 aliphatic rings. The topological polar surface area (TPSA) is 165 Å². The van der Waals surface area contributed by atoms with Crippen molar-refractivity contribution in [2.75, 3.05) is 26.3 Å². The second-order valence-electron chi connectivity index (χ2n) is 5.79. The summed E-state index contributed by atoms with van der Waals surface area (Å²) in [5.41, 5.74) is 0. The number of unbranched alkanes of at least 4 members (excludes halogenated alkanes) is 1. The van der Waals surface area contributed by atoms with Gasteiger partial charge in [0.25, 0.3) is 0 Å². The molecule has 0 saturated carbocycles. The summed E-state index contributed by atoms with van der Waals surface area (Å²) >= 11 is 0. The third kappa shape index (κ3) is 6.47. The fourth-order valence-corrected chi connectivity index (χ4v) is 2.39. The molecule has 144 valence electrons. The lowest BCUT2D eigenvalue weighted by Crippen LogP contribution is -2.49. The molecular formula is C14H25N3O8. The smallest absolute Gasteiger partial charge is 0.248 e. The summed E-state index contributed by atoms with van der Waals surface area (Å²) in [5.74, 6) is 4.32. The Labute approximate surface area is 144 Å². The Kier molecular flexibility index (Phi) is 7.96. The lowest BCUT2D eigenvalue weighted by molar-refractivity contribution is -0.242. The van der Waals surface area contributed by atoms with Gasteiger partial charge in [-0.1, -0.05) is 0 Å². The quantitative estimate of drug-likeness (QED) is 0.147. The van der Waals surface area contributed by atoms with E-state index in [1.54, 1.807) is 0 Å². The van der Waals surface area contributed by atoms with Crippen LogP contribution in [0, 0.1) is 0 Å². The molecule has 0 aliphatic carbocycles. The predicted octanol–water partition coefficient (Wildman–Crippen LogP) is -2.90. The third-order valence-electron chi connectivity index (χ3n) is 3.79. The van der Waals surface area contributed by atoms with Crippen LogP contribution in [0.3, 0.4) is 0 Å². The molecule has 5 atom stereocenters. The number of rotatable bonds is 11. The second-order valence-corrected chi connectivity index (χ2v) is 5.79. The van der Waals surface area contributed by atoms with E-state index in [2.05, 4.69) is 15.5 Å². The van der Waals surface area contributed by atoms with Crippen molar-refractivity contribution in [3.05, 3.63) is 0 Å². The number of amides is 2. The van der Waals surface area contributed by atoms with Crippen molar-refractivity contribution < 1.29 is 38.9 Å². The Morgan fingerprint density at radius 3 is 2.56 bits per heavy atom. The van der Waals surface area contributed by atoms with Gasteiger partial charge in [0.2, 0.25) is 11.8 Å². The van der Waals surface area contributed by atoms with Crippen LogP contribution in [0.25, 0.3) is 0 Å². The molecule has 11 heteroatoms. The van der Waals surface area contributed by atoms with E-state index in [9.17, 15) is 19.8 Å². The van der Waals surface area contributed by atoms with Crippen LogP contribution in [0.5, 0.6) is 0 Å². The maximum absolute atomic E-state index is 11.6. The van der Waals surface area contributed by atoms with E-state index >= 15 is 0 Å². The molecule has 6 N–H and O–H groups in total. The molecule has 2 amide bonds. The van der Waals surface area contributed by atoms with E-state index in [4.69, 9.17) is 20.1 Å². The normalized spacial score (nSPS) is 30.4. The number of hydrogen-bond acceptors (Lipinski definition) is 9. The van der Waals surface area contributed by atoms with Crippen molar-refractivity contribution in [1.29, 1.82) is 0 Å². The number of nitrogens with two attached hydrogens (primary N) is 1. The highest BCUT2D eigenvalue weighted by Crippen LogP contribution is 2.35. The van der Waals surface area contributed by atoms with Crippen LogP contribution in [0.2, 0.25) is 0 Å². The van der Waals surface area contributed by atoms with Crippen LogP contribution in [0.4, 0.5) is 0 Å². The lowest BCUT2D eigenvalue weighted by atomic mass is 10.1. The first-order chi connectivity index (χ1) is 12.0. The lowest BCUT2D eigenvalue weighted by Gasteiger charge is -2.28. The van der Waals surface area contributed by atoms with Crippen molar-refractivity contribution in [3.63, 3.8) is 0 Å². The minimum Gasteiger partial charge on any atom is -0.387 e. The van der Waals surface area contributed by atoms with E-state index in [0.29, 0.717) is 25.8 Å². The molecule has 0 aromatic rings. The van der Waals surface area contributed by atoms with Gasteiger partial charge in [0.15, 0.2) is 12.6 Å². The van der Waals surface area contributed by atoms with Crippen molar-refractivity contribution in [2.24, 2.45) is 5.90 Å². The molecule has 11 nitrogen and oxygen atoms in total. The fourth-order valence-electron chi connectivity index (χ4n) is 2.39. The summed E-state index contributed by atoms with van der Waals surface area (Å²) in [5, 5.41) is 24.7. The molecule has 2 heterocycles. The van der Waals surface area contributed by atoms with E-state index in [0.717, 1.165) is 0 Å². The first kappa shape index (κ1) is 20.0. The molecule has 0 spiro atoms. The van der Waals surface area contributed by atoms with Gasteiger partial charge in [-0.2, -0.15) is 0 Å². The molecule has 2 saturated heterocycles. The summed E-state index contributed by atoms with van der Waals surface area (Å²) in [6.07, 6.45) is -2.61. The summed E-state index contributed by atoms with van der Waals surface area (Å²) < 4.78 is 15.6. The van der Waals surface area contributed by atoms with E-state index in [1.807, 2.05) is 0 Å².